The number of piperazine rings is 1. The molecule has 0 radical (unpaired) electrons. The monoisotopic (exact) mass is 665 g/mol. The number of aliphatic carboxylic acids is 1. The van der Waals surface area contributed by atoms with Crippen molar-refractivity contribution in [1.82, 2.24) is 34.8 Å². The number of ether oxygens (including phenoxy) is 2. The van der Waals surface area contributed by atoms with E-state index in [1.165, 1.54) is 20.5 Å². The van der Waals surface area contributed by atoms with Gasteiger partial charge in [-0.2, -0.15) is 5.10 Å². The standard InChI is InChI=1S/C32H39N7O9/c1-3-46-32(45)37-16-14-36(15-17-37)31(44)23(11-12-28(41)42)34-29(43)24-18-27(39(35-24)22-8-5-4-6-9-22)47-20-26(40)38-13-7-10-25(38)30-33-21(2)19-48-30/h4-6,8-9,18-19,23,25H,3,7,10-17,20H2,1-2H3,(H,34,43)(H,41,42). The Morgan fingerprint density at radius 3 is 2.46 bits per heavy atom. The number of nitrogens with one attached hydrogen (secondary N) is 1. The molecule has 5 rings (SSSR count). The van der Waals surface area contributed by atoms with Gasteiger partial charge in [0.1, 0.15) is 18.3 Å². The Bertz CT molecular complexity index is 1610. The highest BCUT2D eigenvalue weighted by molar-refractivity contribution is 5.96. The maximum absolute atomic E-state index is 13.5. The van der Waals surface area contributed by atoms with Crippen molar-refractivity contribution in [3.8, 4) is 11.6 Å². The number of aromatic nitrogens is 3. The van der Waals surface area contributed by atoms with E-state index in [9.17, 15) is 29.1 Å². The van der Waals surface area contributed by atoms with Gasteiger partial charge in [0.2, 0.25) is 17.7 Å². The van der Waals surface area contributed by atoms with E-state index in [-0.39, 0.29) is 75.8 Å². The third-order valence-electron chi connectivity index (χ3n) is 8.12. The smallest absolute Gasteiger partial charge is 0.409 e. The van der Waals surface area contributed by atoms with Crippen LogP contribution in [0.2, 0.25) is 0 Å². The number of likely N-dealkylation sites (tertiary alicyclic amines) is 1. The minimum Gasteiger partial charge on any atom is -0.481 e. The molecule has 4 heterocycles. The molecule has 48 heavy (non-hydrogen) atoms. The first-order chi connectivity index (χ1) is 23.1. The summed E-state index contributed by atoms with van der Waals surface area (Å²) < 4.78 is 17.9. The van der Waals surface area contributed by atoms with Gasteiger partial charge in [-0.05, 0) is 45.2 Å². The zero-order valence-electron chi connectivity index (χ0n) is 26.9. The average Bonchev–Trinajstić information content (AvgIpc) is 3.85. The zero-order valence-corrected chi connectivity index (χ0v) is 26.9. The fourth-order valence-electron chi connectivity index (χ4n) is 5.70. The molecule has 1 aromatic carbocycles. The number of carbonyl (C=O) groups excluding carboxylic acids is 4. The van der Waals surface area contributed by atoms with E-state index >= 15 is 0 Å². The number of hydrogen-bond acceptors (Lipinski definition) is 10. The number of benzene rings is 1. The largest absolute Gasteiger partial charge is 0.481 e. The number of hydrogen-bond donors (Lipinski definition) is 2. The van der Waals surface area contributed by atoms with Crippen molar-refractivity contribution in [2.75, 3.05) is 45.9 Å². The second-order valence-corrected chi connectivity index (χ2v) is 11.4. The fraction of sp³-hybridized carbons (Fsp3) is 0.469. The molecule has 2 atom stereocenters. The molecule has 16 heteroatoms. The van der Waals surface area contributed by atoms with E-state index in [4.69, 9.17) is 13.9 Å². The molecular formula is C32H39N7O9. The lowest BCUT2D eigenvalue weighted by atomic mass is 10.1. The normalized spacial score (nSPS) is 16.8. The maximum Gasteiger partial charge on any atom is 0.409 e. The molecule has 2 aliphatic heterocycles. The summed E-state index contributed by atoms with van der Waals surface area (Å²) in [5.74, 6) is -2.03. The predicted molar refractivity (Wildman–Crippen MR) is 167 cm³/mol. The number of nitrogens with zero attached hydrogens (tertiary/aromatic N) is 6. The Kier molecular flexibility index (Phi) is 10.9. The number of carboxylic acid groups (broad SMARTS) is 1. The molecule has 3 aromatic rings. The van der Waals surface area contributed by atoms with E-state index < -0.39 is 29.9 Å². The number of carboxylic acids is 1. The van der Waals surface area contributed by atoms with E-state index in [0.29, 0.717) is 24.5 Å². The van der Waals surface area contributed by atoms with Crippen molar-refractivity contribution >= 4 is 29.8 Å². The van der Waals surface area contributed by atoms with Gasteiger partial charge >= 0.3 is 12.1 Å². The van der Waals surface area contributed by atoms with Gasteiger partial charge in [0.25, 0.3) is 11.8 Å². The lowest BCUT2D eigenvalue weighted by Crippen LogP contribution is -2.56. The molecule has 0 aliphatic carbocycles. The van der Waals surface area contributed by atoms with Gasteiger partial charge in [-0.3, -0.25) is 19.2 Å². The van der Waals surface area contributed by atoms with Crippen LogP contribution in [-0.4, -0.2) is 116 Å². The Morgan fingerprint density at radius 2 is 1.79 bits per heavy atom. The first-order valence-corrected chi connectivity index (χ1v) is 15.9. The van der Waals surface area contributed by atoms with Crippen LogP contribution in [0.1, 0.15) is 60.7 Å². The fourth-order valence-corrected chi connectivity index (χ4v) is 5.70. The quantitative estimate of drug-likeness (QED) is 0.288. The summed E-state index contributed by atoms with van der Waals surface area (Å²) in [7, 11) is 0. The van der Waals surface area contributed by atoms with Crippen LogP contribution in [0.15, 0.2) is 47.1 Å². The second-order valence-electron chi connectivity index (χ2n) is 11.4. The number of rotatable bonds is 12. The highest BCUT2D eigenvalue weighted by Crippen LogP contribution is 2.31. The third kappa shape index (κ3) is 8.11. The summed E-state index contributed by atoms with van der Waals surface area (Å²) in [6.07, 6.45) is 2.05. The van der Waals surface area contributed by atoms with Gasteiger partial charge in [0.05, 0.1) is 18.0 Å². The van der Waals surface area contributed by atoms with Crippen LogP contribution in [0.3, 0.4) is 0 Å². The van der Waals surface area contributed by atoms with Crippen molar-refractivity contribution in [1.29, 1.82) is 0 Å². The molecule has 2 fully saturated rings. The Hall–Kier alpha value is -5.41. The van der Waals surface area contributed by atoms with E-state index in [1.807, 2.05) is 13.0 Å². The first-order valence-electron chi connectivity index (χ1n) is 15.9. The Morgan fingerprint density at radius 1 is 1.06 bits per heavy atom. The predicted octanol–water partition coefficient (Wildman–Crippen LogP) is 2.18. The van der Waals surface area contributed by atoms with Crippen molar-refractivity contribution < 1.29 is 43.0 Å². The first kappa shape index (κ1) is 33.9. The van der Waals surface area contributed by atoms with Gasteiger partial charge < -0.3 is 39.0 Å². The zero-order chi connectivity index (χ0) is 34.2. The van der Waals surface area contributed by atoms with Crippen LogP contribution >= 0.6 is 0 Å². The van der Waals surface area contributed by atoms with Gasteiger partial charge in [-0.1, -0.05) is 18.2 Å². The van der Waals surface area contributed by atoms with E-state index in [2.05, 4.69) is 15.4 Å². The van der Waals surface area contributed by atoms with Crippen molar-refractivity contribution in [2.45, 2.75) is 51.6 Å². The van der Waals surface area contributed by atoms with Crippen LogP contribution in [0.25, 0.3) is 5.69 Å². The summed E-state index contributed by atoms with van der Waals surface area (Å²) >= 11 is 0. The number of carbonyl (C=O) groups is 5. The topological polar surface area (TPSA) is 190 Å². The SMILES string of the molecule is CCOC(=O)N1CCN(C(=O)C(CCC(=O)O)NC(=O)c2cc(OCC(=O)N3CCCC3c3nc(C)co3)n(-c3ccccc3)n2)CC1. The molecule has 256 valence electrons. The van der Waals surface area contributed by atoms with Crippen molar-refractivity contribution in [2.24, 2.45) is 0 Å². The molecular weight excluding hydrogens is 626 g/mol. The van der Waals surface area contributed by atoms with Crippen LogP contribution < -0.4 is 10.1 Å². The van der Waals surface area contributed by atoms with E-state index in [0.717, 1.165) is 12.1 Å². The second kappa shape index (κ2) is 15.5. The molecule has 0 saturated carbocycles. The summed E-state index contributed by atoms with van der Waals surface area (Å²) in [5.41, 5.74) is 1.18. The van der Waals surface area contributed by atoms with Crippen molar-refractivity contribution in [3.05, 3.63) is 59.9 Å². The maximum atomic E-state index is 13.5. The van der Waals surface area contributed by atoms with Gasteiger partial charge in [-0.15, -0.1) is 0 Å². The molecule has 0 spiro atoms. The summed E-state index contributed by atoms with van der Waals surface area (Å²) in [6.45, 7) is 4.79. The minimum absolute atomic E-state index is 0.101. The van der Waals surface area contributed by atoms with Crippen LogP contribution in [0.5, 0.6) is 5.88 Å². The molecule has 2 aromatic heterocycles. The molecule has 2 aliphatic rings. The molecule has 16 nitrogen and oxygen atoms in total. The van der Waals surface area contributed by atoms with Crippen LogP contribution in [0, 0.1) is 6.92 Å². The lowest BCUT2D eigenvalue weighted by Gasteiger charge is -2.35. The Labute approximate surface area is 276 Å². The number of oxazole rings is 1. The highest BCUT2D eigenvalue weighted by atomic mass is 16.6. The van der Waals surface area contributed by atoms with Crippen LogP contribution in [0.4, 0.5) is 4.79 Å². The lowest BCUT2D eigenvalue weighted by molar-refractivity contribution is -0.138. The van der Waals surface area contributed by atoms with Gasteiger partial charge in [0, 0.05) is 45.2 Å². The van der Waals surface area contributed by atoms with Crippen molar-refractivity contribution in [3.63, 3.8) is 0 Å². The average molecular weight is 666 g/mol. The highest BCUT2D eigenvalue weighted by Gasteiger charge is 2.34. The third-order valence-corrected chi connectivity index (χ3v) is 8.12. The molecule has 4 amide bonds. The summed E-state index contributed by atoms with van der Waals surface area (Å²) in [6, 6.07) is 8.77. The van der Waals surface area contributed by atoms with Crippen LogP contribution in [-0.2, 0) is 19.1 Å². The number of amides is 4. The Balaban J connectivity index is 1.30. The summed E-state index contributed by atoms with van der Waals surface area (Å²) in [5, 5.41) is 16.4. The molecule has 2 N–H and O–H groups in total. The molecule has 2 unspecified atom stereocenters. The van der Waals surface area contributed by atoms with Gasteiger partial charge in [-0.25, -0.2) is 14.5 Å². The van der Waals surface area contributed by atoms with E-state index in [1.54, 1.807) is 42.4 Å². The summed E-state index contributed by atoms with van der Waals surface area (Å²) in [4.78, 5) is 72.8. The minimum atomic E-state index is -1.17. The number of aryl methyl sites for hydroxylation is 1. The molecule has 0 bridgehead atoms. The van der Waals surface area contributed by atoms with Gasteiger partial charge in [0.15, 0.2) is 12.3 Å². The number of para-hydroxylation sites is 1. The molecule has 2 saturated heterocycles.